The smallest absolute Gasteiger partial charge is 0.319 e. The predicted octanol–water partition coefficient (Wildman–Crippen LogP) is 4.59. The van der Waals surface area contributed by atoms with Crippen LogP contribution in [0.25, 0.3) is 0 Å². The highest BCUT2D eigenvalue weighted by atomic mass is 35.5. The molecule has 0 saturated carbocycles. The SMILES string of the molecule is CCOc1cccc(OCCNC(=O)Nc2cccc(Cl)c2Cl)c1. The molecule has 0 aliphatic carbocycles. The fourth-order valence-electron chi connectivity index (χ4n) is 1.92. The Morgan fingerprint density at radius 1 is 1.08 bits per heavy atom. The molecular formula is C17H18Cl2N2O3. The molecule has 0 aliphatic rings. The summed E-state index contributed by atoms with van der Waals surface area (Å²) in [5.74, 6) is 1.43. The van der Waals surface area contributed by atoms with E-state index in [1.165, 1.54) is 0 Å². The monoisotopic (exact) mass is 368 g/mol. The molecule has 2 amide bonds. The summed E-state index contributed by atoms with van der Waals surface area (Å²) in [5.41, 5.74) is 0.451. The lowest BCUT2D eigenvalue weighted by molar-refractivity contribution is 0.247. The van der Waals surface area contributed by atoms with Crippen molar-refractivity contribution in [3.63, 3.8) is 0 Å². The van der Waals surface area contributed by atoms with Crippen LogP contribution in [0.15, 0.2) is 42.5 Å². The number of carbonyl (C=O) groups excluding carboxylic acids is 1. The summed E-state index contributed by atoms with van der Waals surface area (Å²) in [6.07, 6.45) is 0. The number of halogens is 2. The first-order valence-corrected chi connectivity index (χ1v) is 8.20. The topological polar surface area (TPSA) is 59.6 Å². The lowest BCUT2D eigenvalue weighted by Gasteiger charge is -2.11. The van der Waals surface area contributed by atoms with Gasteiger partial charge in [-0.25, -0.2) is 4.79 Å². The van der Waals surface area contributed by atoms with Gasteiger partial charge in [-0.2, -0.15) is 0 Å². The van der Waals surface area contributed by atoms with Crippen molar-refractivity contribution in [3.05, 3.63) is 52.5 Å². The number of hydrogen-bond acceptors (Lipinski definition) is 3. The van der Waals surface area contributed by atoms with Gasteiger partial charge >= 0.3 is 6.03 Å². The number of hydrogen-bond donors (Lipinski definition) is 2. The minimum atomic E-state index is -0.383. The molecule has 0 fully saturated rings. The molecule has 0 aliphatic heterocycles. The van der Waals surface area contributed by atoms with Crippen LogP contribution in [0.1, 0.15) is 6.92 Å². The second kappa shape index (κ2) is 9.25. The third-order valence-corrected chi connectivity index (χ3v) is 3.79. The molecule has 0 radical (unpaired) electrons. The van der Waals surface area contributed by atoms with Gasteiger partial charge in [0.15, 0.2) is 0 Å². The number of ether oxygens (including phenoxy) is 2. The maximum atomic E-state index is 11.8. The lowest BCUT2D eigenvalue weighted by Crippen LogP contribution is -2.32. The van der Waals surface area contributed by atoms with Gasteiger partial charge in [-0.05, 0) is 31.2 Å². The predicted molar refractivity (Wildman–Crippen MR) is 96.6 cm³/mol. The Labute approximate surface area is 150 Å². The Morgan fingerprint density at radius 2 is 1.79 bits per heavy atom. The number of nitrogens with one attached hydrogen (secondary N) is 2. The molecule has 2 N–H and O–H groups in total. The zero-order chi connectivity index (χ0) is 17.4. The minimum absolute atomic E-state index is 0.304. The largest absolute Gasteiger partial charge is 0.494 e. The Hall–Kier alpha value is -2.11. The van der Waals surface area contributed by atoms with Crippen LogP contribution in [-0.2, 0) is 0 Å². The minimum Gasteiger partial charge on any atom is -0.494 e. The quantitative estimate of drug-likeness (QED) is 0.702. The van der Waals surface area contributed by atoms with Crippen LogP contribution in [0.5, 0.6) is 11.5 Å². The second-order valence-corrected chi connectivity index (χ2v) is 5.52. The molecule has 0 spiro atoms. The first-order chi connectivity index (χ1) is 11.6. The van der Waals surface area contributed by atoms with Crippen LogP contribution in [0.4, 0.5) is 10.5 Å². The van der Waals surface area contributed by atoms with Gasteiger partial charge in [0.05, 0.1) is 28.9 Å². The van der Waals surface area contributed by atoms with E-state index in [-0.39, 0.29) is 6.03 Å². The van der Waals surface area contributed by atoms with Crippen LogP contribution < -0.4 is 20.1 Å². The van der Waals surface area contributed by atoms with Crippen LogP contribution in [-0.4, -0.2) is 25.8 Å². The van der Waals surface area contributed by atoms with Crippen molar-refractivity contribution in [3.8, 4) is 11.5 Å². The Bertz CT molecular complexity index is 695. The third-order valence-electron chi connectivity index (χ3n) is 2.97. The summed E-state index contributed by atoms with van der Waals surface area (Å²) >= 11 is 11.9. The van der Waals surface area contributed by atoms with E-state index in [0.717, 1.165) is 5.75 Å². The summed E-state index contributed by atoms with van der Waals surface area (Å²) in [4.78, 5) is 11.8. The van der Waals surface area contributed by atoms with Crippen LogP contribution >= 0.6 is 23.2 Å². The van der Waals surface area contributed by atoms with Gasteiger partial charge in [-0.1, -0.05) is 35.3 Å². The van der Waals surface area contributed by atoms with E-state index < -0.39 is 0 Å². The zero-order valence-electron chi connectivity index (χ0n) is 13.1. The number of carbonyl (C=O) groups is 1. The highest BCUT2D eigenvalue weighted by Gasteiger charge is 2.07. The summed E-state index contributed by atoms with van der Waals surface area (Å²) < 4.78 is 11.0. The summed E-state index contributed by atoms with van der Waals surface area (Å²) in [5, 5.41) is 6.00. The van der Waals surface area contributed by atoms with Crippen molar-refractivity contribution in [1.29, 1.82) is 0 Å². The number of amides is 2. The average Bonchev–Trinajstić information content (AvgIpc) is 2.57. The van der Waals surface area contributed by atoms with Gasteiger partial charge in [-0.15, -0.1) is 0 Å². The number of urea groups is 1. The molecule has 0 unspecified atom stereocenters. The van der Waals surface area contributed by atoms with Crippen molar-refractivity contribution in [2.75, 3.05) is 25.1 Å². The number of benzene rings is 2. The summed E-state index contributed by atoms with van der Waals surface area (Å²) in [6.45, 7) is 3.18. The van der Waals surface area contributed by atoms with E-state index in [1.807, 2.05) is 25.1 Å². The molecule has 7 heteroatoms. The highest BCUT2D eigenvalue weighted by Crippen LogP contribution is 2.29. The van der Waals surface area contributed by atoms with Crippen molar-refractivity contribution in [2.45, 2.75) is 6.92 Å². The molecule has 24 heavy (non-hydrogen) atoms. The van der Waals surface area contributed by atoms with Crippen molar-refractivity contribution >= 4 is 34.9 Å². The Kier molecular flexibility index (Phi) is 7.03. The van der Waals surface area contributed by atoms with Gasteiger partial charge in [-0.3, -0.25) is 0 Å². The molecule has 128 valence electrons. The molecule has 5 nitrogen and oxygen atoms in total. The van der Waals surface area contributed by atoms with E-state index in [2.05, 4.69) is 10.6 Å². The van der Waals surface area contributed by atoms with Gasteiger partial charge in [0.1, 0.15) is 18.1 Å². The van der Waals surface area contributed by atoms with Crippen molar-refractivity contribution in [1.82, 2.24) is 5.32 Å². The van der Waals surface area contributed by atoms with E-state index in [4.69, 9.17) is 32.7 Å². The molecule has 2 aromatic rings. The van der Waals surface area contributed by atoms with E-state index in [9.17, 15) is 4.79 Å². The standard InChI is InChI=1S/C17H18Cl2N2O3/c1-2-23-12-5-3-6-13(11-12)24-10-9-20-17(22)21-15-8-4-7-14(18)16(15)19/h3-8,11H,2,9-10H2,1H3,(H2,20,21,22). The van der Waals surface area contributed by atoms with Gasteiger partial charge in [0.2, 0.25) is 0 Å². The van der Waals surface area contributed by atoms with Gasteiger partial charge < -0.3 is 20.1 Å². The fraction of sp³-hybridized carbons (Fsp3) is 0.235. The second-order valence-electron chi connectivity index (χ2n) is 4.74. The first-order valence-electron chi connectivity index (χ1n) is 7.44. The Morgan fingerprint density at radius 3 is 2.54 bits per heavy atom. The summed E-state index contributed by atoms with van der Waals surface area (Å²) in [6, 6.07) is 12.0. The zero-order valence-corrected chi connectivity index (χ0v) is 14.7. The maximum absolute atomic E-state index is 11.8. The lowest BCUT2D eigenvalue weighted by atomic mass is 10.3. The van der Waals surface area contributed by atoms with Crippen LogP contribution in [0.3, 0.4) is 0 Å². The van der Waals surface area contributed by atoms with E-state index in [1.54, 1.807) is 24.3 Å². The fourth-order valence-corrected chi connectivity index (χ4v) is 2.27. The molecule has 0 saturated heterocycles. The third kappa shape index (κ3) is 5.51. The van der Waals surface area contributed by atoms with Crippen molar-refractivity contribution in [2.24, 2.45) is 0 Å². The highest BCUT2D eigenvalue weighted by molar-refractivity contribution is 6.43. The van der Waals surface area contributed by atoms with E-state index in [0.29, 0.717) is 41.2 Å². The maximum Gasteiger partial charge on any atom is 0.319 e. The van der Waals surface area contributed by atoms with Gasteiger partial charge in [0.25, 0.3) is 0 Å². The van der Waals surface area contributed by atoms with Crippen LogP contribution in [0.2, 0.25) is 10.0 Å². The molecular weight excluding hydrogens is 351 g/mol. The van der Waals surface area contributed by atoms with Crippen LogP contribution in [0, 0.1) is 0 Å². The molecule has 0 aromatic heterocycles. The molecule has 0 atom stereocenters. The Balaban J connectivity index is 1.75. The van der Waals surface area contributed by atoms with Gasteiger partial charge in [0, 0.05) is 6.07 Å². The number of anilines is 1. The molecule has 0 heterocycles. The molecule has 2 rings (SSSR count). The normalized spacial score (nSPS) is 10.1. The van der Waals surface area contributed by atoms with E-state index >= 15 is 0 Å². The van der Waals surface area contributed by atoms with Crippen molar-refractivity contribution < 1.29 is 14.3 Å². The first kappa shape index (κ1) is 18.2. The molecule has 0 bridgehead atoms. The molecule has 2 aromatic carbocycles. The summed E-state index contributed by atoms with van der Waals surface area (Å²) in [7, 11) is 0. The number of rotatable bonds is 7. The average molecular weight is 369 g/mol.